The molecule has 0 N–H and O–H groups in total. The minimum absolute atomic E-state index is 0.306. The summed E-state index contributed by atoms with van der Waals surface area (Å²) in [6.07, 6.45) is 2.56. The van der Waals surface area contributed by atoms with Crippen LogP contribution in [0.4, 0.5) is 0 Å². The van der Waals surface area contributed by atoms with Gasteiger partial charge in [0.05, 0.1) is 0 Å². The molecular formula is C18H21I. The summed E-state index contributed by atoms with van der Waals surface area (Å²) >= 11 is 2.40. The fourth-order valence-corrected chi connectivity index (χ4v) is 3.80. The third-order valence-electron chi connectivity index (χ3n) is 4.77. The molecule has 19 heavy (non-hydrogen) atoms. The molecule has 0 unspecified atom stereocenters. The van der Waals surface area contributed by atoms with Crippen molar-refractivity contribution in [3.8, 4) is 0 Å². The second-order valence-electron chi connectivity index (χ2n) is 7.16. The first kappa shape index (κ1) is 13.4. The quantitative estimate of drug-likeness (QED) is 0.519. The molecule has 0 amide bonds. The molecule has 0 atom stereocenters. The van der Waals surface area contributed by atoms with Gasteiger partial charge in [-0.1, -0.05) is 45.9 Å². The molecule has 100 valence electrons. The van der Waals surface area contributed by atoms with Crippen LogP contribution in [0, 0.1) is 3.57 Å². The molecule has 0 aromatic heterocycles. The second kappa shape index (κ2) is 4.21. The molecule has 0 saturated heterocycles. The molecule has 0 aliphatic heterocycles. The fraction of sp³-hybridized carbons (Fsp3) is 0.444. The third-order valence-corrected chi connectivity index (χ3v) is 5.44. The topological polar surface area (TPSA) is 0 Å². The van der Waals surface area contributed by atoms with Crippen LogP contribution in [0.2, 0.25) is 0 Å². The van der Waals surface area contributed by atoms with Crippen LogP contribution in [0.1, 0.15) is 51.7 Å². The molecule has 3 rings (SSSR count). The lowest BCUT2D eigenvalue weighted by Gasteiger charge is -2.42. The van der Waals surface area contributed by atoms with E-state index in [2.05, 4.69) is 80.6 Å². The van der Waals surface area contributed by atoms with Crippen molar-refractivity contribution in [1.29, 1.82) is 0 Å². The van der Waals surface area contributed by atoms with Gasteiger partial charge in [0.1, 0.15) is 0 Å². The number of hydrogen-bond acceptors (Lipinski definition) is 0. The minimum Gasteiger partial charge on any atom is -0.0558 e. The van der Waals surface area contributed by atoms with Crippen molar-refractivity contribution in [2.45, 2.75) is 51.4 Å². The van der Waals surface area contributed by atoms with E-state index in [0.717, 1.165) is 0 Å². The van der Waals surface area contributed by atoms with Crippen LogP contribution >= 0.6 is 22.6 Å². The zero-order valence-electron chi connectivity index (χ0n) is 12.2. The lowest BCUT2D eigenvalue weighted by atomic mass is 9.63. The van der Waals surface area contributed by atoms with Crippen LogP contribution in [0.3, 0.4) is 0 Å². The Labute approximate surface area is 129 Å². The van der Waals surface area contributed by atoms with Gasteiger partial charge in [-0.25, -0.2) is 0 Å². The maximum Gasteiger partial charge on any atom is 0.0136 e. The zero-order valence-corrected chi connectivity index (χ0v) is 14.3. The van der Waals surface area contributed by atoms with E-state index in [-0.39, 0.29) is 0 Å². The van der Waals surface area contributed by atoms with Crippen molar-refractivity contribution in [3.05, 3.63) is 45.0 Å². The molecule has 2 aromatic carbocycles. The molecule has 0 saturated carbocycles. The van der Waals surface area contributed by atoms with Gasteiger partial charge in [0.2, 0.25) is 0 Å². The number of benzene rings is 2. The van der Waals surface area contributed by atoms with E-state index < -0.39 is 0 Å². The highest BCUT2D eigenvalue weighted by molar-refractivity contribution is 14.1. The third kappa shape index (κ3) is 2.20. The van der Waals surface area contributed by atoms with E-state index in [1.54, 1.807) is 11.1 Å². The monoisotopic (exact) mass is 364 g/mol. The fourth-order valence-electron chi connectivity index (χ4n) is 3.28. The van der Waals surface area contributed by atoms with Gasteiger partial charge >= 0.3 is 0 Å². The molecule has 0 nitrogen and oxygen atoms in total. The smallest absolute Gasteiger partial charge is 0.0136 e. The second-order valence-corrected chi connectivity index (χ2v) is 8.40. The van der Waals surface area contributed by atoms with E-state index in [4.69, 9.17) is 0 Å². The van der Waals surface area contributed by atoms with Gasteiger partial charge in [-0.3, -0.25) is 0 Å². The average molecular weight is 364 g/mol. The molecule has 2 aromatic rings. The number of halogens is 1. The predicted molar refractivity (Wildman–Crippen MR) is 92.0 cm³/mol. The van der Waals surface area contributed by atoms with Gasteiger partial charge in [-0.2, -0.15) is 0 Å². The van der Waals surface area contributed by atoms with Gasteiger partial charge < -0.3 is 0 Å². The first-order valence-electron chi connectivity index (χ1n) is 7.04. The molecule has 1 heteroatoms. The Bertz CT molecular complexity index is 650. The molecule has 0 spiro atoms. The Hall–Kier alpha value is -0.570. The summed E-state index contributed by atoms with van der Waals surface area (Å²) in [7, 11) is 0. The summed E-state index contributed by atoms with van der Waals surface area (Å²) in [4.78, 5) is 0. The van der Waals surface area contributed by atoms with Crippen LogP contribution in [0.15, 0.2) is 30.3 Å². The van der Waals surface area contributed by atoms with Crippen molar-refractivity contribution >= 4 is 33.4 Å². The van der Waals surface area contributed by atoms with E-state index in [1.807, 2.05) is 0 Å². The summed E-state index contributed by atoms with van der Waals surface area (Å²) < 4.78 is 1.32. The molecule has 0 radical (unpaired) electrons. The zero-order chi connectivity index (χ0) is 13.8. The average Bonchev–Trinajstić information content (AvgIpc) is 2.33. The first-order chi connectivity index (χ1) is 8.79. The lowest BCUT2D eigenvalue weighted by molar-refractivity contribution is 0.332. The van der Waals surface area contributed by atoms with Crippen LogP contribution in [0.5, 0.6) is 0 Å². The van der Waals surface area contributed by atoms with E-state index >= 15 is 0 Å². The summed E-state index contributed by atoms with van der Waals surface area (Å²) in [5.41, 5.74) is 3.72. The lowest BCUT2D eigenvalue weighted by Crippen LogP contribution is -2.33. The molecule has 1 aliphatic rings. The maximum atomic E-state index is 2.44. The van der Waals surface area contributed by atoms with Crippen LogP contribution in [0.25, 0.3) is 10.8 Å². The number of rotatable bonds is 0. The first-order valence-corrected chi connectivity index (χ1v) is 8.12. The van der Waals surface area contributed by atoms with E-state index in [9.17, 15) is 0 Å². The van der Waals surface area contributed by atoms with Gasteiger partial charge in [0, 0.05) is 3.57 Å². The van der Waals surface area contributed by atoms with Crippen LogP contribution in [-0.4, -0.2) is 0 Å². The Morgan fingerprint density at radius 2 is 1.32 bits per heavy atom. The normalized spacial score (nSPS) is 20.3. The Morgan fingerprint density at radius 3 is 1.89 bits per heavy atom. The summed E-state index contributed by atoms with van der Waals surface area (Å²) in [6.45, 7) is 9.56. The Balaban J connectivity index is 2.35. The van der Waals surface area contributed by atoms with Gasteiger partial charge in [0.25, 0.3) is 0 Å². The Kier molecular flexibility index (Phi) is 2.97. The maximum absolute atomic E-state index is 2.44. The van der Waals surface area contributed by atoms with E-state index in [1.165, 1.54) is 27.2 Å². The van der Waals surface area contributed by atoms with Crippen LogP contribution < -0.4 is 0 Å². The van der Waals surface area contributed by atoms with Gasteiger partial charge in [0.15, 0.2) is 0 Å². The van der Waals surface area contributed by atoms with Crippen molar-refractivity contribution in [2.24, 2.45) is 0 Å². The summed E-state index contributed by atoms with van der Waals surface area (Å²) in [5, 5.41) is 2.77. The predicted octanol–water partition coefficient (Wildman–Crippen LogP) is 5.79. The highest BCUT2D eigenvalue weighted by Crippen LogP contribution is 2.46. The summed E-state index contributed by atoms with van der Waals surface area (Å²) in [5.74, 6) is 0. The molecular weight excluding hydrogens is 343 g/mol. The van der Waals surface area contributed by atoms with Gasteiger partial charge in [-0.15, -0.1) is 0 Å². The van der Waals surface area contributed by atoms with Gasteiger partial charge in [-0.05, 0) is 80.3 Å². The number of hydrogen-bond donors (Lipinski definition) is 0. The molecule has 0 heterocycles. The molecule has 1 aliphatic carbocycles. The van der Waals surface area contributed by atoms with Crippen molar-refractivity contribution in [3.63, 3.8) is 0 Å². The van der Waals surface area contributed by atoms with E-state index in [0.29, 0.717) is 10.8 Å². The van der Waals surface area contributed by atoms with Crippen molar-refractivity contribution in [1.82, 2.24) is 0 Å². The van der Waals surface area contributed by atoms with Crippen molar-refractivity contribution < 1.29 is 0 Å². The Morgan fingerprint density at radius 1 is 0.789 bits per heavy atom. The molecule has 0 fully saturated rings. The number of fused-ring (bicyclic) bond motifs is 2. The molecule has 0 bridgehead atoms. The van der Waals surface area contributed by atoms with Crippen molar-refractivity contribution in [2.75, 3.05) is 0 Å². The highest BCUT2D eigenvalue weighted by atomic mass is 127. The summed E-state index contributed by atoms with van der Waals surface area (Å²) in [6, 6.07) is 11.6. The largest absolute Gasteiger partial charge is 0.0558 e. The van der Waals surface area contributed by atoms with Crippen LogP contribution in [-0.2, 0) is 10.8 Å². The minimum atomic E-state index is 0.306. The standard InChI is InChI=1S/C18H21I/c1-17(2)7-8-18(3,4)16-11-13-9-14(19)6-5-12(13)10-15(16)17/h5-6,9-11H,7-8H2,1-4H3. The SMILES string of the molecule is CC1(C)CCC(C)(C)c2cc3cc(I)ccc3cc21. The highest BCUT2D eigenvalue weighted by Gasteiger charge is 2.36.